The molecule has 7 nitrogen and oxygen atoms in total. The number of hydrogen-bond acceptors (Lipinski definition) is 6. The number of anilines is 1. The van der Waals surface area contributed by atoms with Gasteiger partial charge in [0.25, 0.3) is 0 Å². The van der Waals surface area contributed by atoms with Gasteiger partial charge in [0.2, 0.25) is 5.95 Å². The molecule has 2 aromatic heterocycles. The molecular formula is C20H21N5O2S. The lowest BCUT2D eigenvalue weighted by molar-refractivity contribution is 0.219. The maximum Gasteiger partial charge on any atom is 0.317 e. The van der Waals surface area contributed by atoms with Gasteiger partial charge >= 0.3 is 6.03 Å². The van der Waals surface area contributed by atoms with Gasteiger partial charge < -0.3 is 20.3 Å². The largest absolute Gasteiger partial charge is 0.497 e. The molecule has 1 aromatic carbocycles. The van der Waals surface area contributed by atoms with Gasteiger partial charge in [0, 0.05) is 37.9 Å². The molecule has 0 saturated carbocycles. The summed E-state index contributed by atoms with van der Waals surface area (Å²) in [6.45, 7) is 2.65. The Kier molecular flexibility index (Phi) is 5.38. The smallest absolute Gasteiger partial charge is 0.317 e. The topological polar surface area (TPSA) is 79.4 Å². The van der Waals surface area contributed by atoms with Crippen LogP contribution in [0.5, 0.6) is 5.75 Å². The Labute approximate surface area is 167 Å². The first-order chi connectivity index (χ1) is 13.7. The number of methoxy groups -OCH3 is 1. The third-order valence-electron chi connectivity index (χ3n) is 4.55. The summed E-state index contributed by atoms with van der Waals surface area (Å²) < 4.78 is 5.25. The van der Waals surface area contributed by atoms with Crippen LogP contribution in [0.4, 0.5) is 10.7 Å². The summed E-state index contributed by atoms with van der Waals surface area (Å²) in [5, 5.41) is 8.07. The Hall–Kier alpha value is -3.13. The number of ether oxygens (including phenoxy) is 1. The summed E-state index contributed by atoms with van der Waals surface area (Å²) in [7, 11) is 1.65. The Morgan fingerprint density at radius 1 is 1.29 bits per heavy atom. The number of aromatic nitrogens is 2. The molecule has 4 rings (SSSR count). The van der Waals surface area contributed by atoms with E-state index in [-0.39, 0.29) is 6.03 Å². The van der Waals surface area contributed by atoms with Gasteiger partial charge in [-0.25, -0.2) is 14.8 Å². The minimum Gasteiger partial charge on any atom is -0.497 e. The molecule has 0 aliphatic carbocycles. The fourth-order valence-electron chi connectivity index (χ4n) is 3.08. The molecule has 1 saturated heterocycles. The third-order valence-corrected chi connectivity index (χ3v) is 5.43. The number of carbonyl (C=O) groups excluding carboxylic acids is 1. The molecule has 0 bridgehead atoms. The van der Waals surface area contributed by atoms with Crippen molar-refractivity contribution in [3.8, 4) is 27.4 Å². The lowest BCUT2D eigenvalue weighted by Crippen LogP contribution is -2.32. The number of amides is 2. The van der Waals surface area contributed by atoms with Crippen molar-refractivity contribution in [1.82, 2.24) is 20.2 Å². The minimum atomic E-state index is -0.0168. The van der Waals surface area contributed by atoms with E-state index in [1.165, 1.54) is 0 Å². The van der Waals surface area contributed by atoms with E-state index >= 15 is 0 Å². The molecule has 28 heavy (non-hydrogen) atoms. The van der Waals surface area contributed by atoms with Crippen molar-refractivity contribution in [2.24, 2.45) is 0 Å². The van der Waals surface area contributed by atoms with Gasteiger partial charge in [-0.3, -0.25) is 0 Å². The van der Waals surface area contributed by atoms with Crippen LogP contribution in [-0.2, 0) is 0 Å². The highest BCUT2D eigenvalue weighted by molar-refractivity contribution is 7.13. The van der Waals surface area contributed by atoms with Crippen LogP contribution in [0.25, 0.3) is 21.7 Å². The Bertz CT molecular complexity index is 944. The molecule has 0 radical (unpaired) electrons. The number of nitrogens with zero attached hydrogens (tertiary/aromatic N) is 3. The van der Waals surface area contributed by atoms with E-state index in [2.05, 4.69) is 21.7 Å². The SMILES string of the molecule is COc1ccc(-c2cnc(NCCN3CCNC3=O)nc2-c2cccs2)cc1. The molecule has 1 aliphatic heterocycles. The Morgan fingerprint density at radius 3 is 2.82 bits per heavy atom. The summed E-state index contributed by atoms with van der Waals surface area (Å²) >= 11 is 1.64. The van der Waals surface area contributed by atoms with E-state index < -0.39 is 0 Å². The van der Waals surface area contributed by atoms with Crippen LogP contribution in [0.1, 0.15) is 0 Å². The average Bonchev–Trinajstić information content (AvgIpc) is 3.40. The lowest BCUT2D eigenvalue weighted by Gasteiger charge is -2.15. The fourth-order valence-corrected chi connectivity index (χ4v) is 3.81. The molecule has 0 unspecified atom stereocenters. The second-order valence-electron chi connectivity index (χ2n) is 6.31. The summed E-state index contributed by atoms with van der Waals surface area (Å²) in [5.41, 5.74) is 2.88. The number of carbonyl (C=O) groups is 1. The molecule has 1 aliphatic rings. The number of nitrogens with one attached hydrogen (secondary N) is 2. The normalized spacial score (nSPS) is 13.5. The van der Waals surface area contributed by atoms with E-state index in [9.17, 15) is 4.79 Å². The molecule has 2 amide bonds. The van der Waals surface area contributed by atoms with Gasteiger partial charge in [-0.1, -0.05) is 18.2 Å². The molecular weight excluding hydrogens is 374 g/mol. The monoisotopic (exact) mass is 395 g/mol. The highest BCUT2D eigenvalue weighted by Crippen LogP contribution is 2.34. The molecule has 8 heteroatoms. The van der Waals surface area contributed by atoms with E-state index in [0.717, 1.165) is 34.0 Å². The maximum atomic E-state index is 11.6. The first-order valence-electron chi connectivity index (χ1n) is 9.06. The quantitative estimate of drug-likeness (QED) is 0.642. The van der Waals surface area contributed by atoms with Crippen LogP contribution in [0, 0.1) is 0 Å². The molecule has 3 aromatic rings. The summed E-state index contributed by atoms with van der Waals surface area (Å²) in [6.07, 6.45) is 1.84. The Morgan fingerprint density at radius 2 is 2.14 bits per heavy atom. The van der Waals surface area contributed by atoms with Crippen molar-refractivity contribution in [3.05, 3.63) is 48.0 Å². The molecule has 3 heterocycles. The second-order valence-corrected chi connectivity index (χ2v) is 7.26. The van der Waals surface area contributed by atoms with Crippen molar-refractivity contribution in [3.63, 3.8) is 0 Å². The van der Waals surface area contributed by atoms with Crippen LogP contribution in [0.15, 0.2) is 48.0 Å². The van der Waals surface area contributed by atoms with Crippen LogP contribution in [-0.4, -0.2) is 54.2 Å². The van der Waals surface area contributed by atoms with Crippen LogP contribution >= 0.6 is 11.3 Å². The van der Waals surface area contributed by atoms with E-state index in [1.54, 1.807) is 23.3 Å². The minimum absolute atomic E-state index is 0.0168. The molecule has 1 fully saturated rings. The second kappa shape index (κ2) is 8.26. The maximum absolute atomic E-state index is 11.6. The van der Waals surface area contributed by atoms with E-state index in [1.807, 2.05) is 41.9 Å². The number of hydrogen-bond donors (Lipinski definition) is 2. The van der Waals surface area contributed by atoms with E-state index in [0.29, 0.717) is 25.6 Å². The third kappa shape index (κ3) is 3.91. The van der Waals surface area contributed by atoms with Crippen LogP contribution in [0.3, 0.4) is 0 Å². The van der Waals surface area contributed by atoms with Gasteiger partial charge in [-0.05, 0) is 29.1 Å². The van der Waals surface area contributed by atoms with Crippen molar-refractivity contribution in [1.29, 1.82) is 0 Å². The molecule has 2 N–H and O–H groups in total. The van der Waals surface area contributed by atoms with Gasteiger partial charge in [0.05, 0.1) is 17.7 Å². The highest BCUT2D eigenvalue weighted by Gasteiger charge is 2.18. The lowest BCUT2D eigenvalue weighted by atomic mass is 10.0. The predicted octanol–water partition coefficient (Wildman–Crippen LogP) is 3.32. The molecule has 0 atom stereocenters. The summed E-state index contributed by atoms with van der Waals surface area (Å²) in [5.74, 6) is 1.37. The number of benzene rings is 1. The summed E-state index contributed by atoms with van der Waals surface area (Å²) in [4.78, 5) is 23.7. The van der Waals surface area contributed by atoms with Gasteiger partial charge in [-0.2, -0.15) is 0 Å². The number of thiophene rings is 1. The van der Waals surface area contributed by atoms with Gasteiger partial charge in [0.1, 0.15) is 5.75 Å². The van der Waals surface area contributed by atoms with Crippen molar-refractivity contribution in [2.75, 3.05) is 38.6 Å². The van der Waals surface area contributed by atoms with Crippen molar-refractivity contribution >= 4 is 23.3 Å². The van der Waals surface area contributed by atoms with Gasteiger partial charge in [-0.15, -0.1) is 11.3 Å². The highest BCUT2D eigenvalue weighted by atomic mass is 32.1. The fraction of sp³-hybridized carbons (Fsp3) is 0.250. The number of urea groups is 1. The van der Waals surface area contributed by atoms with E-state index in [4.69, 9.17) is 9.72 Å². The van der Waals surface area contributed by atoms with Crippen molar-refractivity contribution in [2.45, 2.75) is 0 Å². The van der Waals surface area contributed by atoms with Crippen molar-refractivity contribution < 1.29 is 9.53 Å². The van der Waals surface area contributed by atoms with Crippen LogP contribution < -0.4 is 15.4 Å². The predicted molar refractivity (Wildman–Crippen MR) is 111 cm³/mol. The average molecular weight is 395 g/mol. The zero-order chi connectivity index (χ0) is 19.3. The standard InChI is InChI=1S/C20H21N5O2S/c1-27-15-6-4-14(5-7-15)16-13-23-19(24-18(16)17-3-2-12-28-17)21-8-10-25-11-9-22-20(25)26/h2-7,12-13H,8-11H2,1H3,(H,22,26)(H,21,23,24). The first kappa shape index (κ1) is 18.2. The molecule has 0 spiro atoms. The molecule has 144 valence electrons. The summed E-state index contributed by atoms with van der Waals surface area (Å²) in [6, 6.07) is 11.9. The zero-order valence-corrected chi connectivity index (χ0v) is 16.3. The zero-order valence-electron chi connectivity index (χ0n) is 15.5. The number of rotatable bonds is 7. The first-order valence-corrected chi connectivity index (χ1v) is 9.94. The van der Waals surface area contributed by atoms with Crippen LogP contribution in [0.2, 0.25) is 0 Å². The van der Waals surface area contributed by atoms with Gasteiger partial charge in [0.15, 0.2) is 0 Å². The Balaban J connectivity index is 1.56.